The van der Waals surface area contributed by atoms with Gasteiger partial charge in [0.1, 0.15) is 6.04 Å². The first kappa shape index (κ1) is 13.3. The number of urea groups is 1. The van der Waals surface area contributed by atoms with Gasteiger partial charge >= 0.3 is 12.0 Å². The molecular formula is C11H13ClN2O3. The van der Waals surface area contributed by atoms with Gasteiger partial charge in [-0.1, -0.05) is 17.7 Å². The molecule has 2 amide bonds. The summed E-state index contributed by atoms with van der Waals surface area (Å²) in [5, 5.41) is 5.50. The number of hydrogen-bond acceptors (Lipinski definition) is 3. The van der Waals surface area contributed by atoms with Gasteiger partial charge in [-0.05, 0) is 25.1 Å². The number of halogens is 1. The van der Waals surface area contributed by atoms with Crippen LogP contribution in [0.15, 0.2) is 24.3 Å². The van der Waals surface area contributed by atoms with Crippen molar-refractivity contribution in [3.8, 4) is 0 Å². The highest BCUT2D eigenvalue weighted by Gasteiger charge is 2.15. The van der Waals surface area contributed by atoms with Crippen molar-refractivity contribution >= 4 is 29.3 Å². The van der Waals surface area contributed by atoms with Crippen LogP contribution in [0.2, 0.25) is 5.02 Å². The van der Waals surface area contributed by atoms with Gasteiger partial charge in [-0.15, -0.1) is 0 Å². The molecule has 6 heteroatoms. The van der Waals surface area contributed by atoms with Crippen molar-refractivity contribution in [2.45, 2.75) is 13.0 Å². The van der Waals surface area contributed by atoms with E-state index in [-0.39, 0.29) is 0 Å². The van der Waals surface area contributed by atoms with Crippen LogP contribution < -0.4 is 10.6 Å². The van der Waals surface area contributed by atoms with Crippen LogP contribution in [-0.2, 0) is 9.53 Å². The molecule has 0 bridgehead atoms. The summed E-state index contributed by atoms with van der Waals surface area (Å²) in [4.78, 5) is 22.5. The minimum Gasteiger partial charge on any atom is -0.467 e. The molecule has 0 saturated heterocycles. The van der Waals surface area contributed by atoms with Gasteiger partial charge in [0, 0.05) is 10.7 Å². The van der Waals surface area contributed by atoms with Crippen LogP contribution in [0.25, 0.3) is 0 Å². The number of rotatable bonds is 3. The summed E-state index contributed by atoms with van der Waals surface area (Å²) in [6, 6.07) is 5.49. The molecule has 0 spiro atoms. The van der Waals surface area contributed by atoms with Crippen molar-refractivity contribution in [3.05, 3.63) is 29.3 Å². The Morgan fingerprint density at radius 3 is 2.71 bits per heavy atom. The molecule has 1 aromatic rings. The maximum atomic E-state index is 11.5. The molecular weight excluding hydrogens is 244 g/mol. The van der Waals surface area contributed by atoms with Crippen LogP contribution in [0.1, 0.15) is 6.92 Å². The van der Waals surface area contributed by atoms with Crippen molar-refractivity contribution in [2.75, 3.05) is 12.4 Å². The molecule has 17 heavy (non-hydrogen) atoms. The van der Waals surface area contributed by atoms with Crippen molar-refractivity contribution in [1.82, 2.24) is 5.32 Å². The lowest BCUT2D eigenvalue weighted by Gasteiger charge is -2.12. The van der Waals surface area contributed by atoms with E-state index in [1.807, 2.05) is 0 Å². The number of esters is 1. The Bertz CT molecular complexity index is 423. The minimum atomic E-state index is -0.709. The molecule has 0 unspecified atom stereocenters. The second-order valence-corrected chi connectivity index (χ2v) is 3.79. The number of hydrogen-bond donors (Lipinski definition) is 2. The van der Waals surface area contributed by atoms with E-state index < -0.39 is 18.0 Å². The van der Waals surface area contributed by atoms with Crippen molar-refractivity contribution in [1.29, 1.82) is 0 Å². The predicted molar refractivity (Wildman–Crippen MR) is 65.1 cm³/mol. The summed E-state index contributed by atoms with van der Waals surface area (Å²) in [7, 11) is 1.26. The lowest BCUT2D eigenvalue weighted by atomic mass is 10.3. The summed E-state index contributed by atoms with van der Waals surface area (Å²) in [6.07, 6.45) is 0. The summed E-state index contributed by atoms with van der Waals surface area (Å²) in [5.41, 5.74) is 0.548. The van der Waals surface area contributed by atoms with Crippen LogP contribution in [0.4, 0.5) is 10.5 Å². The topological polar surface area (TPSA) is 67.4 Å². The number of ether oxygens (including phenoxy) is 1. The highest BCUT2D eigenvalue weighted by molar-refractivity contribution is 6.30. The first-order valence-corrected chi connectivity index (χ1v) is 5.31. The van der Waals surface area contributed by atoms with Gasteiger partial charge in [0.15, 0.2) is 0 Å². The molecule has 92 valence electrons. The highest BCUT2D eigenvalue weighted by Crippen LogP contribution is 2.14. The van der Waals surface area contributed by atoms with E-state index in [1.165, 1.54) is 14.0 Å². The molecule has 0 radical (unpaired) electrons. The van der Waals surface area contributed by atoms with E-state index in [1.54, 1.807) is 24.3 Å². The molecule has 0 aliphatic rings. The Morgan fingerprint density at radius 2 is 2.12 bits per heavy atom. The zero-order chi connectivity index (χ0) is 12.8. The first-order chi connectivity index (χ1) is 8.02. The third-order valence-corrected chi connectivity index (χ3v) is 2.22. The second kappa shape index (κ2) is 6.10. The molecule has 0 heterocycles. The van der Waals surface area contributed by atoms with E-state index >= 15 is 0 Å². The third kappa shape index (κ3) is 4.32. The van der Waals surface area contributed by atoms with Crippen LogP contribution in [0.3, 0.4) is 0 Å². The fourth-order valence-corrected chi connectivity index (χ4v) is 1.36. The summed E-state index contributed by atoms with van der Waals surface area (Å²) in [5.74, 6) is -0.508. The fraction of sp³-hybridized carbons (Fsp3) is 0.273. The monoisotopic (exact) mass is 256 g/mol. The predicted octanol–water partition coefficient (Wildman–Crippen LogP) is 2.02. The van der Waals surface area contributed by atoms with Crippen molar-refractivity contribution in [3.63, 3.8) is 0 Å². The second-order valence-electron chi connectivity index (χ2n) is 3.35. The van der Waals surface area contributed by atoms with Crippen molar-refractivity contribution < 1.29 is 14.3 Å². The minimum absolute atomic E-state index is 0.495. The standard InChI is InChI=1S/C11H13ClN2O3/c1-7(10(15)17-2)13-11(16)14-9-5-3-4-8(12)6-9/h3-7H,1-2H3,(H2,13,14,16)/t7-/m1/s1. The fourth-order valence-electron chi connectivity index (χ4n) is 1.17. The van der Waals surface area contributed by atoms with Crippen LogP contribution in [-0.4, -0.2) is 25.2 Å². The van der Waals surface area contributed by atoms with Gasteiger partial charge in [-0.3, -0.25) is 0 Å². The number of carbonyl (C=O) groups excluding carboxylic acids is 2. The zero-order valence-electron chi connectivity index (χ0n) is 9.49. The van der Waals surface area contributed by atoms with E-state index in [9.17, 15) is 9.59 Å². The Hall–Kier alpha value is -1.75. The number of carbonyl (C=O) groups is 2. The van der Waals surface area contributed by atoms with E-state index in [0.29, 0.717) is 10.7 Å². The normalized spacial score (nSPS) is 11.5. The number of anilines is 1. The van der Waals surface area contributed by atoms with Crippen molar-refractivity contribution in [2.24, 2.45) is 0 Å². The lowest BCUT2D eigenvalue weighted by Crippen LogP contribution is -2.41. The third-order valence-electron chi connectivity index (χ3n) is 1.98. The molecule has 0 saturated carbocycles. The molecule has 1 rings (SSSR count). The zero-order valence-corrected chi connectivity index (χ0v) is 10.2. The summed E-state index contributed by atoms with van der Waals surface area (Å²) >= 11 is 5.76. The van der Waals surface area contributed by atoms with Gasteiger partial charge < -0.3 is 15.4 Å². The smallest absolute Gasteiger partial charge is 0.328 e. The average Bonchev–Trinajstić information content (AvgIpc) is 2.27. The molecule has 1 aromatic carbocycles. The van der Waals surface area contributed by atoms with Gasteiger partial charge in [-0.25, -0.2) is 9.59 Å². The number of nitrogens with one attached hydrogen (secondary N) is 2. The summed E-state index contributed by atoms with van der Waals surface area (Å²) < 4.78 is 4.48. The Balaban J connectivity index is 2.53. The Labute approximate surface area is 104 Å². The number of methoxy groups -OCH3 is 1. The lowest BCUT2D eigenvalue weighted by molar-refractivity contribution is -0.142. The quantitative estimate of drug-likeness (QED) is 0.813. The SMILES string of the molecule is COC(=O)[C@@H](C)NC(=O)Nc1cccc(Cl)c1. The Kier molecular flexibility index (Phi) is 4.78. The van der Waals surface area contributed by atoms with Gasteiger partial charge in [-0.2, -0.15) is 0 Å². The molecule has 2 N–H and O–H groups in total. The molecule has 5 nitrogen and oxygen atoms in total. The van der Waals surface area contributed by atoms with Gasteiger partial charge in [0.25, 0.3) is 0 Å². The van der Waals surface area contributed by atoms with Crippen LogP contribution in [0, 0.1) is 0 Å². The van der Waals surface area contributed by atoms with Crippen LogP contribution >= 0.6 is 11.6 Å². The maximum Gasteiger partial charge on any atom is 0.328 e. The molecule has 0 fully saturated rings. The number of amides is 2. The summed E-state index contributed by atoms with van der Waals surface area (Å²) in [6.45, 7) is 1.53. The first-order valence-electron chi connectivity index (χ1n) is 4.94. The van der Waals surface area contributed by atoms with Crippen LogP contribution in [0.5, 0.6) is 0 Å². The molecule has 0 aliphatic heterocycles. The molecule has 0 aliphatic carbocycles. The average molecular weight is 257 g/mol. The number of benzene rings is 1. The van der Waals surface area contributed by atoms with E-state index in [2.05, 4.69) is 15.4 Å². The largest absolute Gasteiger partial charge is 0.467 e. The molecule has 0 aromatic heterocycles. The van der Waals surface area contributed by atoms with Gasteiger partial charge in [0.05, 0.1) is 7.11 Å². The highest BCUT2D eigenvalue weighted by atomic mass is 35.5. The maximum absolute atomic E-state index is 11.5. The van der Waals surface area contributed by atoms with E-state index in [4.69, 9.17) is 11.6 Å². The van der Waals surface area contributed by atoms with Gasteiger partial charge in [0.2, 0.25) is 0 Å². The Morgan fingerprint density at radius 1 is 1.41 bits per heavy atom. The van der Waals surface area contributed by atoms with E-state index in [0.717, 1.165) is 0 Å². The molecule has 1 atom stereocenters.